The van der Waals surface area contributed by atoms with E-state index >= 15 is 0 Å². The molecule has 0 fully saturated rings. The number of aliphatic imine (C=N–C) groups is 1. The van der Waals surface area contributed by atoms with Crippen molar-refractivity contribution >= 4 is 11.7 Å². The first kappa shape index (κ1) is 8.41. The number of dihydropyridines is 1. The molecule has 0 aliphatic carbocycles. The smallest absolute Gasteiger partial charge is 0.219 e. The summed E-state index contributed by atoms with van der Waals surface area (Å²) in [7, 11) is 0. The Morgan fingerprint density at radius 1 is 1.33 bits per heavy atom. The van der Waals surface area contributed by atoms with E-state index in [4.69, 9.17) is 4.74 Å². The third-order valence-electron chi connectivity index (χ3n) is 2.46. The highest BCUT2D eigenvalue weighted by Gasteiger charge is 2.24. The first-order chi connectivity index (χ1) is 7.33. The van der Waals surface area contributed by atoms with E-state index in [0.717, 1.165) is 16.9 Å². The van der Waals surface area contributed by atoms with Crippen LogP contribution in [0.2, 0.25) is 0 Å². The summed E-state index contributed by atoms with van der Waals surface area (Å²) in [4.78, 5) is 15.2. The lowest BCUT2D eigenvalue weighted by molar-refractivity contribution is -0.114. The van der Waals surface area contributed by atoms with Crippen LogP contribution in [0.4, 0.5) is 0 Å². The van der Waals surface area contributed by atoms with Crippen molar-refractivity contribution in [2.24, 2.45) is 4.99 Å². The maximum Gasteiger partial charge on any atom is 0.219 e. The van der Waals surface area contributed by atoms with Gasteiger partial charge in [-0.3, -0.25) is 4.79 Å². The predicted molar refractivity (Wildman–Crippen MR) is 54.8 cm³/mol. The molecule has 0 aromatic heterocycles. The van der Waals surface area contributed by atoms with Gasteiger partial charge < -0.3 is 4.74 Å². The Bertz CT molecular complexity index is 500. The van der Waals surface area contributed by atoms with E-state index < -0.39 is 0 Å². The third-order valence-corrected chi connectivity index (χ3v) is 2.46. The van der Waals surface area contributed by atoms with E-state index in [9.17, 15) is 4.79 Å². The Hall–Kier alpha value is -1.90. The second-order valence-corrected chi connectivity index (χ2v) is 3.53. The van der Waals surface area contributed by atoms with Crippen molar-refractivity contribution in [3.05, 3.63) is 41.5 Å². The van der Waals surface area contributed by atoms with Crippen LogP contribution in [-0.4, -0.2) is 18.2 Å². The van der Waals surface area contributed by atoms with Gasteiger partial charge in [-0.05, 0) is 11.6 Å². The second-order valence-electron chi connectivity index (χ2n) is 3.53. The van der Waals surface area contributed by atoms with Crippen molar-refractivity contribution in [2.75, 3.05) is 6.54 Å². The summed E-state index contributed by atoms with van der Waals surface area (Å²) in [5.74, 6) is 1.31. The average Bonchev–Trinajstić information content (AvgIpc) is 2.26. The molecule has 2 aliphatic rings. The van der Waals surface area contributed by atoms with Crippen LogP contribution in [0, 0.1) is 6.08 Å². The molecule has 0 spiro atoms. The number of benzene rings is 1. The minimum Gasteiger partial charge on any atom is -0.439 e. The minimum atomic E-state index is -0.0725. The maximum absolute atomic E-state index is 11.1. The van der Waals surface area contributed by atoms with Crippen LogP contribution >= 0.6 is 0 Å². The van der Waals surface area contributed by atoms with Gasteiger partial charge in [-0.2, -0.15) is 0 Å². The molecule has 3 heteroatoms. The van der Waals surface area contributed by atoms with Gasteiger partial charge in [0.2, 0.25) is 5.90 Å². The summed E-state index contributed by atoms with van der Waals surface area (Å²) < 4.78 is 5.58. The van der Waals surface area contributed by atoms with E-state index in [-0.39, 0.29) is 12.3 Å². The maximum atomic E-state index is 11.1. The molecule has 0 saturated carbocycles. The molecule has 1 aromatic carbocycles. The fraction of sp³-hybridized carbons (Fsp3) is 0.167. The van der Waals surface area contributed by atoms with Crippen LogP contribution in [0.15, 0.2) is 34.8 Å². The highest BCUT2D eigenvalue weighted by molar-refractivity contribution is 6.06. The van der Waals surface area contributed by atoms with Crippen molar-refractivity contribution in [3.63, 3.8) is 0 Å². The number of carbonyl (C=O) groups excluding carboxylic acids is 1. The van der Waals surface area contributed by atoms with E-state index in [1.54, 1.807) is 0 Å². The fourth-order valence-corrected chi connectivity index (χ4v) is 1.76. The molecule has 73 valence electrons. The molecule has 0 amide bonds. The number of nitrogens with zero attached hydrogens (tertiary/aromatic N) is 1. The van der Waals surface area contributed by atoms with Gasteiger partial charge in [0.05, 0.1) is 0 Å². The van der Waals surface area contributed by atoms with Crippen molar-refractivity contribution in [1.82, 2.24) is 0 Å². The lowest BCUT2D eigenvalue weighted by atomic mass is 9.99. The second kappa shape index (κ2) is 3.05. The van der Waals surface area contributed by atoms with Gasteiger partial charge in [0.25, 0.3) is 0 Å². The first-order valence-corrected chi connectivity index (χ1v) is 4.79. The lowest BCUT2D eigenvalue weighted by Crippen LogP contribution is -2.25. The minimum absolute atomic E-state index is 0.0725. The molecular weight excluding hydrogens is 190 g/mol. The van der Waals surface area contributed by atoms with Crippen LogP contribution in [0.3, 0.4) is 0 Å². The number of ketones is 1. The molecule has 0 saturated heterocycles. The Balaban J connectivity index is 2.07. The molecule has 0 N–H and O–H groups in total. The van der Waals surface area contributed by atoms with Gasteiger partial charge in [-0.15, -0.1) is 0 Å². The Labute approximate surface area is 87.1 Å². The Morgan fingerprint density at radius 3 is 3.13 bits per heavy atom. The van der Waals surface area contributed by atoms with Crippen molar-refractivity contribution < 1.29 is 9.53 Å². The number of hydrogen-bond acceptors (Lipinski definition) is 3. The standard InChI is InChI=1S/C12H8NO2/c14-10-6-9-5-8-3-1-2-4-11(8)15-12(9)13-7-10/h1-4H,5,7H2. The van der Waals surface area contributed by atoms with Crippen LogP contribution in [0.25, 0.3) is 0 Å². The number of Topliss-reactive ketones (excluding diaryl/α,β-unsaturated/α-hetero) is 1. The number of ether oxygens (including phenoxy) is 1. The van der Waals surface area contributed by atoms with Crippen LogP contribution in [0.5, 0.6) is 5.75 Å². The molecule has 0 unspecified atom stereocenters. The van der Waals surface area contributed by atoms with Crippen molar-refractivity contribution in [3.8, 4) is 5.75 Å². The molecule has 2 aliphatic heterocycles. The summed E-state index contributed by atoms with van der Waals surface area (Å²) in [6, 6.07) is 7.77. The Morgan fingerprint density at radius 2 is 2.20 bits per heavy atom. The van der Waals surface area contributed by atoms with Gasteiger partial charge in [0.1, 0.15) is 12.3 Å². The summed E-state index contributed by atoms with van der Waals surface area (Å²) in [6.07, 6.45) is 3.46. The van der Waals surface area contributed by atoms with Crippen molar-refractivity contribution in [1.29, 1.82) is 0 Å². The summed E-state index contributed by atoms with van der Waals surface area (Å²) in [6.45, 7) is 0.154. The van der Waals surface area contributed by atoms with Crippen LogP contribution in [-0.2, 0) is 11.2 Å². The van der Waals surface area contributed by atoms with Crippen molar-refractivity contribution in [2.45, 2.75) is 6.42 Å². The summed E-state index contributed by atoms with van der Waals surface area (Å²) in [5.41, 5.74) is 1.85. The zero-order valence-corrected chi connectivity index (χ0v) is 7.99. The third kappa shape index (κ3) is 1.36. The predicted octanol–water partition coefficient (Wildman–Crippen LogP) is 1.33. The van der Waals surface area contributed by atoms with E-state index in [1.165, 1.54) is 0 Å². The fourth-order valence-electron chi connectivity index (χ4n) is 1.76. The molecule has 0 bridgehead atoms. The summed E-state index contributed by atoms with van der Waals surface area (Å²) in [5, 5.41) is 0. The van der Waals surface area contributed by atoms with Gasteiger partial charge in [-0.25, -0.2) is 4.99 Å². The number of hydrogen-bond donors (Lipinski definition) is 0. The van der Waals surface area contributed by atoms with Crippen LogP contribution in [0.1, 0.15) is 5.56 Å². The van der Waals surface area contributed by atoms with Gasteiger partial charge in [0, 0.05) is 18.1 Å². The molecular formula is C12H8NO2. The van der Waals surface area contributed by atoms with E-state index in [0.29, 0.717) is 12.3 Å². The van der Waals surface area contributed by atoms with Crippen LogP contribution < -0.4 is 4.74 Å². The molecule has 2 heterocycles. The highest BCUT2D eigenvalue weighted by Crippen LogP contribution is 2.28. The number of para-hydroxylation sites is 1. The molecule has 1 aromatic rings. The van der Waals surface area contributed by atoms with Gasteiger partial charge in [-0.1, -0.05) is 18.2 Å². The van der Waals surface area contributed by atoms with Gasteiger partial charge in [0.15, 0.2) is 5.78 Å². The molecule has 15 heavy (non-hydrogen) atoms. The highest BCUT2D eigenvalue weighted by atomic mass is 16.5. The number of fused-ring (bicyclic) bond motifs is 2. The zero-order valence-electron chi connectivity index (χ0n) is 7.99. The van der Waals surface area contributed by atoms with E-state index in [2.05, 4.69) is 11.1 Å². The molecule has 3 nitrogen and oxygen atoms in total. The number of carbonyl (C=O) groups is 1. The molecule has 0 atom stereocenters. The SMILES string of the molecule is O=C1[C]=C2Cc3ccccc3OC2=NC1. The normalized spacial score (nSPS) is 18.3. The quantitative estimate of drug-likeness (QED) is 0.630. The number of rotatable bonds is 0. The first-order valence-electron chi connectivity index (χ1n) is 4.79. The lowest BCUT2D eigenvalue weighted by Gasteiger charge is -2.22. The summed E-state index contributed by atoms with van der Waals surface area (Å²) >= 11 is 0. The van der Waals surface area contributed by atoms with Gasteiger partial charge >= 0.3 is 0 Å². The molecule has 3 rings (SSSR count). The van der Waals surface area contributed by atoms with E-state index in [1.807, 2.05) is 24.3 Å². The average molecular weight is 198 g/mol. The zero-order chi connectivity index (χ0) is 10.3. The Kier molecular flexibility index (Phi) is 1.71. The molecule has 1 radical (unpaired) electrons. The topological polar surface area (TPSA) is 38.7 Å². The largest absolute Gasteiger partial charge is 0.439 e. The monoisotopic (exact) mass is 198 g/mol.